The van der Waals surface area contributed by atoms with Crippen molar-refractivity contribution in [3.8, 4) is 0 Å². The van der Waals surface area contributed by atoms with Crippen LogP contribution in [0.2, 0.25) is 0 Å². The maximum atomic E-state index is 12.5. The summed E-state index contributed by atoms with van der Waals surface area (Å²) in [5.41, 5.74) is 2.90. The zero-order chi connectivity index (χ0) is 20.3. The molecule has 2 atom stereocenters. The number of carbonyl (C=O) groups excluding carboxylic acids is 2. The first-order chi connectivity index (χ1) is 13.3. The maximum absolute atomic E-state index is 12.5. The minimum absolute atomic E-state index is 0.00909. The number of rotatable bonds is 4. The Hall–Kier alpha value is -2.82. The van der Waals surface area contributed by atoms with Gasteiger partial charge < -0.3 is 15.5 Å². The van der Waals surface area contributed by atoms with Crippen LogP contribution in [0.4, 0.5) is 10.5 Å². The van der Waals surface area contributed by atoms with E-state index >= 15 is 0 Å². The Balaban J connectivity index is 1.63. The van der Waals surface area contributed by atoms with Gasteiger partial charge in [-0.2, -0.15) is 0 Å². The predicted octanol–water partition coefficient (Wildman–Crippen LogP) is 4.47. The second-order valence-corrected chi connectivity index (χ2v) is 8.43. The van der Waals surface area contributed by atoms with Crippen LogP contribution in [0.5, 0.6) is 0 Å². The Labute approximate surface area is 167 Å². The van der Waals surface area contributed by atoms with Crippen LogP contribution in [0.15, 0.2) is 54.6 Å². The van der Waals surface area contributed by atoms with Gasteiger partial charge in [-0.3, -0.25) is 4.79 Å². The van der Waals surface area contributed by atoms with Gasteiger partial charge in [-0.15, -0.1) is 0 Å². The number of urea groups is 1. The fourth-order valence-electron chi connectivity index (χ4n) is 3.70. The van der Waals surface area contributed by atoms with Gasteiger partial charge in [0, 0.05) is 18.7 Å². The number of benzene rings is 2. The molecule has 2 aromatic rings. The van der Waals surface area contributed by atoms with E-state index in [0.717, 1.165) is 16.8 Å². The zero-order valence-corrected chi connectivity index (χ0v) is 17.0. The normalized spacial score (nSPS) is 18.1. The molecule has 5 nitrogen and oxygen atoms in total. The standard InChI is InChI=1S/C23H29N3O2/c1-16(17-10-6-5-7-11-17)26-15-18(14-21(26)27)24-22(28)25-20-13-9-8-12-19(20)23(2,3)4/h5-13,16,18H,14-15H2,1-4H3,(H2,24,25,28). The molecule has 1 saturated heterocycles. The zero-order valence-electron chi connectivity index (χ0n) is 17.0. The van der Waals surface area contributed by atoms with E-state index in [2.05, 4.69) is 31.4 Å². The Morgan fingerprint density at radius 3 is 2.39 bits per heavy atom. The lowest BCUT2D eigenvalue weighted by atomic mass is 9.86. The van der Waals surface area contributed by atoms with Crippen LogP contribution < -0.4 is 10.6 Å². The molecule has 0 spiro atoms. The van der Waals surface area contributed by atoms with Crippen LogP contribution in [-0.2, 0) is 10.2 Å². The van der Waals surface area contributed by atoms with Crippen LogP contribution in [0.25, 0.3) is 0 Å². The van der Waals surface area contributed by atoms with Crippen molar-refractivity contribution in [1.82, 2.24) is 10.2 Å². The maximum Gasteiger partial charge on any atom is 0.319 e. The third-order valence-corrected chi connectivity index (χ3v) is 5.23. The summed E-state index contributed by atoms with van der Waals surface area (Å²) in [6.07, 6.45) is 0.325. The number of hydrogen-bond acceptors (Lipinski definition) is 2. The molecule has 5 heteroatoms. The molecule has 2 N–H and O–H groups in total. The molecule has 1 aliphatic heterocycles. The Morgan fingerprint density at radius 1 is 1.07 bits per heavy atom. The molecule has 2 aromatic carbocycles. The fraction of sp³-hybridized carbons (Fsp3) is 0.391. The van der Waals surface area contributed by atoms with Crippen molar-refractivity contribution in [2.24, 2.45) is 0 Å². The smallest absolute Gasteiger partial charge is 0.319 e. The van der Waals surface area contributed by atoms with E-state index in [1.165, 1.54) is 0 Å². The van der Waals surface area contributed by atoms with Crippen LogP contribution in [0.1, 0.15) is 51.3 Å². The highest BCUT2D eigenvalue weighted by Crippen LogP contribution is 2.29. The van der Waals surface area contributed by atoms with E-state index in [9.17, 15) is 9.59 Å². The van der Waals surface area contributed by atoms with Crippen molar-refractivity contribution >= 4 is 17.6 Å². The fourth-order valence-corrected chi connectivity index (χ4v) is 3.70. The van der Waals surface area contributed by atoms with E-state index in [0.29, 0.717) is 13.0 Å². The molecule has 2 unspecified atom stereocenters. The Kier molecular flexibility index (Phi) is 5.73. The lowest BCUT2D eigenvalue weighted by Gasteiger charge is -2.25. The number of hydrogen-bond donors (Lipinski definition) is 2. The predicted molar refractivity (Wildman–Crippen MR) is 112 cm³/mol. The number of amides is 3. The van der Waals surface area contributed by atoms with Crippen LogP contribution in [-0.4, -0.2) is 29.4 Å². The molecule has 1 heterocycles. The average Bonchev–Trinajstić information content (AvgIpc) is 3.01. The molecule has 3 amide bonds. The van der Waals surface area contributed by atoms with Gasteiger partial charge in [0.2, 0.25) is 5.91 Å². The summed E-state index contributed by atoms with van der Waals surface area (Å²) in [4.78, 5) is 26.9. The Bertz CT molecular complexity index is 842. The van der Waals surface area contributed by atoms with Gasteiger partial charge in [0.1, 0.15) is 0 Å². The van der Waals surface area contributed by atoms with Gasteiger partial charge in [-0.1, -0.05) is 69.3 Å². The number of anilines is 1. The van der Waals surface area contributed by atoms with E-state index in [-0.39, 0.29) is 29.4 Å². The second-order valence-electron chi connectivity index (χ2n) is 8.43. The molecular weight excluding hydrogens is 350 g/mol. The largest absolute Gasteiger partial charge is 0.334 e. The van der Waals surface area contributed by atoms with Gasteiger partial charge in [-0.25, -0.2) is 4.79 Å². The number of nitrogens with one attached hydrogen (secondary N) is 2. The molecule has 3 rings (SSSR count). The first-order valence-electron chi connectivity index (χ1n) is 9.77. The number of carbonyl (C=O) groups is 2. The van der Waals surface area contributed by atoms with Crippen molar-refractivity contribution in [2.75, 3.05) is 11.9 Å². The summed E-state index contributed by atoms with van der Waals surface area (Å²) in [5.74, 6) is 0.0664. The van der Waals surface area contributed by atoms with E-state index < -0.39 is 0 Å². The highest BCUT2D eigenvalue weighted by molar-refractivity contribution is 5.91. The van der Waals surface area contributed by atoms with Crippen molar-refractivity contribution in [3.05, 3.63) is 65.7 Å². The summed E-state index contributed by atoms with van der Waals surface area (Å²) >= 11 is 0. The molecular formula is C23H29N3O2. The molecule has 0 aromatic heterocycles. The van der Waals surface area contributed by atoms with E-state index in [4.69, 9.17) is 0 Å². The summed E-state index contributed by atoms with van der Waals surface area (Å²) in [7, 11) is 0. The molecule has 1 fully saturated rings. The van der Waals surface area contributed by atoms with E-state index in [1.54, 1.807) is 0 Å². The molecule has 1 aliphatic rings. The molecule has 0 bridgehead atoms. The highest BCUT2D eigenvalue weighted by atomic mass is 16.2. The van der Waals surface area contributed by atoms with Crippen LogP contribution >= 0.6 is 0 Å². The third-order valence-electron chi connectivity index (χ3n) is 5.23. The van der Waals surface area contributed by atoms with Crippen LogP contribution in [0, 0.1) is 0 Å². The number of likely N-dealkylation sites (tertiary alicyclic amines) is 1. The van der Waals surface area contributed by atoms with Crippen molar-refractivity contribution in [2.45, 2.75) is 51.6 Å². The second kappa shape index (κ2) is 8.05. The lowest BCUT2D eigenvalue weighted by molar-refractivity contribution is -0.129. The lowest BCUT2D eigenvalue weighted by Crippen LogP contribution is -2.40. The third kappa shape index (κ3) is 4.53. The van der Waals surface area contributed by atoms with Gasteiger partial charge in [0.05, 0.1) is 12.1 Å². The van der Waals surface area contributed by atoms with Gasteiger partial charge in [-0.05, 0) is 29.5 Å². The molecule has 0 aliphatic carbocycles. The number of nitrogens with zero attached hydrogens (tertiary/aromatic N) is 1. The Morgan fingerprint density at radius 2 is 1.71 bits per heavy atom. The molecule has 28 heavy (non-hydrogen) atoms. The monoisotopic (exact) mass is 379 g/mol. The minimum atomic E-state index is -0.274. The average molecular weight is 380 g/mol. The van der Waals surface area contributed by atoms with Gasteiger partial charge >= 0.3 is 6.03 Å². The molecule has 0 radical (unpaired) electrons. The minimum Gasteiger partial charge on any atom is -0.334 e. The first-order valence-corrected chi connectivity index (χ1v) is 9.77. The van der Waals surface area contributed by atoms with Crippen molar-refractivity contribution in [3.63, 3.8) is 0 Å². The summed E-state index contributed by atoms with van der Waals surface area (Å²) in [6, 6.07) is 17.3. The summed E-state index contributed by atoms with van der Waals surface area (Å²) < 4.78 is 0. The first kappa shape index (κ1) is 19.9. The highest BCUT2D eigenvalue weighted by Gasteiger charge is 2.34. The molecule has 148 valence electrons. The van der Waals surface area contributed by atoms with Crippen molar-refractivity contribution < 1.29 is 9.59 Å². The quantitative estimate of drug-likeness (QED) is 0.823. The molecule has 0 saturated carbocycles. The van der Waals surface area contributed by atoms with Gasteiger partial charge in [0.15, 0.2) is 0 Å². The van der Waals surface area contributed by atoms with Crippen LogP contribution in [0.3, 0.4) is 0 Å². The summed E-state index contributed by atoms with van der Waals surface area (Å²) in [5, 5.41) is 5.91. The van der Waals surface area contributed by atoms with E-state index in [1.807, 2.05) is 66.4 Å². The van der Waals surface area contributed by atoms with Crippen molar-refractivity contribution in [1.29, 1.82) is 0 Å². The topological polar surface area (TPSA) is 61.4 Å². The number of para-hydroxylation sites is 1. The van der Waals surface area contributed by atoms with Gasteiger partial charge in [0.25, 0.3) is 0 Å². The SMILES string of the molecule is CC(c1ccccc1)N1CC(NC(=O)Nc2ccccc2C(C)(C)C)CC1=O. The summed E-state index contributed by atoms with van der Waals surface area (Å²) in [6.45, 7) is 8.89.